The van der Waals surface area contributed by atoms with Crippen LogP contribution in [0.1, 0.15) is 16.8 Å². The van der Waals surface area contributed by atoms with Crippen LogP contribution in [0.4, 0.5) is 0 Å². The number of rotatable bonds is 2. The third-order valence-electron chi connectivity index (χ3n) is 4.71. The molecular formula is C15H20N4O2. The normalized spacial score (nSPS) is 28.5. The van der Waals surface area contributed by atoms with Gasteiger partial charge in [0.2, 0.25) is 5.91 Å². The molecular weight excluding hydrogens is 268 g/mol. The Morgan fingerprint density at radius 3 is 2.62 bits per heavy atom. The molecule has 0 spiro atoms. The number of pyridine rings is 1. The van der Waals surface area contributed by atoms with Gasteiger partial charge in [0.05, 0.1) is 6.04 Å². The standard InChI is InChI=1S/C15H20N4O2/c1-16-14(20)12-7-11-8-19(9-13(11)18(12)2)15(21)10-3-5-17-6-4-10/h3-6,11-13H,7-9H2,1-2H3,(H,16,20)/t11-,12-,13+/m0/s1. The summed E-state index contributed by atoms with van der Waals surface area (Å²) in [5, 5.41) is 2.72. The van der Waals surface area contributed by atoms with Crippen molar-refractivity contribution in [3.63, 3.8) is 0 Å². The number of hydrogen-bond donors (Lipinski definition) is 1. The fourth-order valence-corrected chi connectivity index (χ4v) is 3.53. The fourth-order valence-electron chi connectivity index (χ4n) is 3.53. The molecule has 2 aliphatic rings. The van der Waals surface area contributed by atoms with Gasteiger partial charge in [-0.15, -0.1) is 0 Å². The second-order valence-electron chi connectivity index (χ2n) is 5.80. The van der Waals surface area contributed by atoms with Gasteiger partial charge in [0, 0.05) is 44.1 Å². The first-order valence-corrected chi connectivity index (χ1v) is 7.24. The van der Waals surface area contributed by atoms with Crippen LogP contribution >= 0.6 is 0 Å². The molecule has 112 valence electrons. The highest BCUT2D eigenvalue weighted by molar-refractivity contribution is 5.94. The molecule has 1 N–H and O–H groups in total. The molecule has 0 aromatic carbocycles. The smallest absolute Gasteiger partial charge is 0.254 e. The van der Waals surface area contributed by atoms with E-state index in [9.17, 15) is 9.59 Å². The van der Waals surface area contributed by atoms with Crippen molar-refractivity contribution in [1.82, 2.24) is 20.1 Å². The molecule has 3 atom stereocenters. The summed E-state index contributed by atoms with van der Waals surface area (Å²) >= 11 is 0. The van der Waals surface area contributed by atoms with Crippen molar-refractivity contribution < 1.29 is 9.59 Å². The van der Waals surface area contributed by atoms with Crippen LogP contribution in [0.25, 0.3) is 0 Å². The van der Waals surface area contributed by atoms with Gasteiger partial charge in [-0.05, 0) is 31.5 Å². The van der Waals surface area contributed by atoms with Crippen LogP contribution in [0.3, 0.4) is 0 Å². The van der Waals surface area contributed by atoms with E-state index >= 15 is 0 Å². The zero-order chi connectivity index (χ0) is 15.0. The van der Waals surface area contributed by atoms with Gasteiger partial charge in [0.1, 0.15) is 0 Å². The van der Waals surface area contributed by atoms with Crippen LogP contribution in [-0.2, 0) is 4.79 Å². The number of fused-ring (bicyclic) bond motifs is 1. The molecule has 0 radical (unpaired) electrons. The lowest BCUT2D eigenvalue weighted by atomic mass is 10.0. The topological polar surface area (TPSA) is 65.5 Å². The highest BCUT2D eigenvalue weighted by Gasteiger charge is 2.47. The van der Waals surface area contributed by atoms with Gasteiger partial charge in [-0.25, -0.2) is 0 Å². The van der Waals surface area contributed by atoms with Gasteiger partial charge in [0.25, 0.3) is 5.91 Å². The zero-order valence-corrected chi connectivity index (χ0v) is 12.3. The number of carbonyl (C=O) groups is 2. The van der Waals surface area contributed by atoms with Crippen molar-refractivity contribution >= 4 is 11.8 Å². The van der Waals surface area contributed by atoms with Gasteiger partial charge in [-0.1, -0.05) is 0 Å². The van der Waals surface area contributed by atoms with Gasteiger partial charge in [-0.3, -0.25) is 19.5 Å². The summed E-state index contributed by atoms with van der Waals surface area (Å²) in [5.74, 6) is 0.499. The van der Waals surface area contributed by atoms with Crippen molar-refractivity contribution in [2.75, 3.05) is 27.2 Å². The predicted octanol–water partition coefficient (Wildman–Crippen LogP) is -0.0277. The molecule has 0 aliphatic carbocycles. The number of likely N-dealkylation sites (tertiary alicyclic amines) is 2. The van der Waals surface area contributed by atoms with Crippen LogP contribution in [0, 0.1) is 5.92 Å². The maximum absolute atomic E-state index is 12.5. The summed E-state index contributed by atoms with van der Waals surface area (Å²) in [6.07, 6.45) is 4.09. The maximum Gasteiger partial charge on any atom is 0.254 e. The Morgan fingerprint density at radius 2 is 2.00 bits per heavy atom. The third-order valence-corrected chi connectivity index (χ3v) is 4.71. The number of likely N-dealkylation sites (N-methyl/N-ethyl adjacent to an activating group) is 2. The molecule has 3 rings (SSSR count). The van der Waals surface area contributed by atoms with E-state index < -0.39 is 0 Å². The number of hydrogen-bond acceptors (Lipinski definition) is 4. The Kier molecular flexibility index (Phi) is 3.63. The first-order valence-electron chi connectivity index (χ1n) is 7.24. The molecule has 6 heteroatoms. The average molecular weight is 288 g/mol. The summed E-state index contributed by atoms with van der Waals surface area (Å²) in [5.41, 5.74) is 0.676. The number of amides is 2. The van der Waals surface area contributed by atoms with E-state index in [1.807, 2.05) is 11.9 Å². The molecule has 0 saturated carbocycles. The lowest BCUT2D eigenvalue weighted by Gasteiger charge is -2.25. The molecule has 2 saturated heterocycles. The van der Waals surface area contributed by atoms with Crippen LogP contribution in [0.15, 0.2) is 24.5 Å². The SMILES string of the molecule is CNC(=O)[C@@H]1C[C@H]2CN(C(=O)c3ccncc3)C[C@H]2N1C. The predicted molar refractivity (Wildman–Crippen MR) is 77.7 cm³/mol. The molecule has 1 aromatic rings. The highest BCUT2D eigenvalue weighted by Crippen LogP contribution is 2.35. The minimum Gasteiger partial charge on any atom is -0.358 e. The monoisotopic (exact) mass is 288 g/mol. The third kappa shape index (κ3) is 2.40. The molecule has 0 bridgehead atoms. The number of carbonyl (C=O) groups excluding carboxylic acids is 2. The number of nitrogens with zero attached hydrogens (tertiary/aromatic N) is 3. The second kappa shape index (κ2) is 5.44. The van der Waals surface area contributed by atoms with E-state index in [-0.39, 0.29) is 23.9 Å². The lowest BCUT2D eigenvalue weighted by Crippen LogP contribution is -2.45. The minimum atomic E-state index is -0.0665. The summed E-state index contributed by atoms with van der Waals surface area (Å²) in [6, 6.07) is 3.70. The van der Waals surface area contributed by atoms with Gasteiger partial charge < -0.3 is 10.2 Å². The van der Waals surface area contributed by atoms with Gasteiger partial charge >= 0.3 is 0 Å². The van der Waals surface area contributed by atoms with Crippen molar-refractivity contribution in [2.24, 2.45) is 5.92 Å². The van der Waals surface area contributed by atoms with Gasteiger partial charge in [0.15, 0.2) is 0 Å². The second-order valence-corrected chi connectivity index (χ2v) is 5.80. The Labute approximate surface area is 124 Å². The Bertz CT molecular complexity index is 548. The Hall–Kier alpha value is -1.95. The fraction of sp³-hybridized carbons (Fsp3) is 0.533. The van der Waals surface area contributed by atoms with Crippen LogP contribution in [-0.4, -0.2) is 65.9 Å². The molecule has 3 heterocycles. The van der Waals surface area contributed by atoms with E-state index in [1.165, 1.54) is 0 Å². The molecule has 2 amide bonds. The first-order chi connectivity index (χ1) is 10.1. The van der Waals surface area contributed by atoms with E-state index in [4.69, 9.17) is 0 Å². The number of nitrogens with one attached hydrogen (secondary N) is 1. The summed E-state index contributed by atoms with van der Waals surface area (Å²) in [6.45, 7) is 1.42. The van der Waals surface area contributed by atoms with Crippen molar-refractivity contribution in [3.05, 3.63) is 30.1 Å². The van der Waals surface area contributed by atoms with E-state index in [0.29, 0.717) is 18.0 Å². The molecule has 6 nitrogen and oxygen atoms in total. The molecule has 21 heavy (non-hydrogen) atoms. The van der Waals surface area contributed by atoms with E-state index in [0.717, 1.165) is 13.0 Å². The van der Waals surface area contributed by atoms with Crippen LogP contribution < -0.4 is 5.32 Å². The molecule has 2 aliphatic heterocycles. The van der Waals surface area contributed by atoms with Crippen molar-refractivity contribution in [3.8, 4) is 0 Å². The highest BCUT2D eigenvalue weighted by atomic mass is 16.2. The Balaban J connectivity index is 1.69. The van der Waals surface area contributed by atoms with Crippen LogP contribution in [0.2, 0.25) is 0 Å². The number of aromatic nitrogens is 1. The summed E-state index contributed by atoms with van der Waals surface area (Å²) < 4.78 is 0. The van der Waals surface area contributed by atoms with E-state index in [1.54, 1.807) is 31.6 Å². The minimum absolute atomic E-state index is 0.0525. The summed E-state index contributed by atoms with van der Waals surface area (Å²) in [7, 11) is 3.65. The van der Waals surface area contributed by atoms with E-state index in [2.05, 4.69) is 15.2 Å². The quantitative estimate of drug-likeness (QED) is 0.830. The van der Waals surface area contributed by atoms with Crippen molar-refractivity contribution in [1.29, 1.82) is 0 Å². The Morgan fingerprint density at radius 1 is 1.29 bits per heavy atom. The molecule has 2 fully saturated rings. The summed E-state index contributed by atoms with van der Waals surface area (Å²) in [4.78, 5) is 32.3. The largest absolute Gasteiger partial charge is 0.358 e. The molecule has 0 unspecified atom stereocenters. The lowest BCUT2D eigenvalue weighted by molar-refractivity contribution is -0.125. The average Bonchev–Trinajstić information content (AvgIpc) is 3.06. The van der Waals surface area contributed by atoms with Crippen molar-refractivity contribution in [2.45, 2.75) is 18.5 Å². The maximum atomic E-state index is 12.5. The zero-order valence-electron chi connectivity index (χ0n) is 12.3. The molecule has 1 aromatic heterocycles. The van der Waals surface area contributed by atoms with Gasteiger partial charge in [-0.2, -0.15) is 0 Å². The first kappa shape index (κ1) is 14.0. The van der Waals surface area contributed by atoms with Crippen LogP contribution in [0.5, 0.6) is 0 Å².